The standard InChI is InChI=1S/C14H12FN5OS/c15-12-4-2-1-3-10(12)7-16-13(21)8-20-18-14(17-19-20)11-5-6-22-9-11/h1-6,9H,7-8H2,(H,16,21). The Labute approximate surface area is 129 Å². The first-order valence-corrected chi connectivity index (χ1v) is 7.47. The van der Waals surface area contributed by atoms with Gasteiger partial charge in [0.15, 0.2) is 0 Å². The van der Waals surface area contributed by atoms with Crippen molar-refractivity contribution in [2.45, 2.75) is 13.1 Å². The van der Waals surface area contributed by atoms with E-state index in [1.165, 1.54) is 22.2 Å². The molecule has 0 spiro atoms. The Hall–Kier alpha value is -2.61. The van der Waals surface area contributed by atoms with Crippen molar-refractivity contribution in [3.05, 3.63) is 52.5 Å². The first kappa shape index (κ1) is 14.3. The summed E-state index contributed by atoms with van der Waals surface area (Å²) in [6.45, 7) is 0.0587. The summed E-state index contributed by atoms with van der Waals surface area (Å²) >= 11 is 1.53. The van der Waals surface area contributed by atoms with E-state index in [9.17, 15) is 9.18 Å². The second-order valence-electron chi connectivity index (χ2n) is 4.52. The molecule has 8 heteroatoms. The third-order valence-electron chi connectivity index (χ3n) is 2.95. The molecule has 3 aromatic rings. The van der Waals surface area contributed by atoms with Crippen molar-refractivity contribution in [1.29, 1.82) is 0 Å². The summed E-state index contributed by atoms with van der Waals surface area (Å²) in [7, 11) is 0. The molecule has 1 N–H and O–H groups in total. The van der Waals surface area contributed by atoms with Crippen molar-refractivity contribution in [3.63, 3.8) is 0 Å². The van der Waals surface area contributed by atoms with Crippen LogP contribution in [0.2, 0.25) is 0 Å². The number of hydrogen-bond donors (Lipinski definition) is 1. The minimum atomic E-state index is -0.346. The van der Waals surface area contributed by atoms with Crippen LogP contribution < -0.4 is 5.32 Å². The van der Waals surface area contributed by atoms with E-state index in [4.69, 9.17) is 0 Å². The van der Waals surface area contributed by atoms with Gasteiger partial charge in [-0.2, -0.15) is 16.1 Å². The number of carbonyl (C=O) groups is 1. The van der Waals surface area contributed by atoms with Gasteiger partial charge in [-0.1, -0.05) is 18.2 Å². The maximum atomic E-state index is 13.4. The number of benzene rings is 1. The molecule has 22 heavy (non-hydrogen) atoms. The van der Waals surface area contributed by atoms with Gasteiger partial charge in [-0.3, -0.25) is 4.79 Å². The zero-order valence-electron chi connectivity index (χ0n) is 11.4. The second-order valence-corrected chi connectivity index (χ2v) is 5.30. The number of rotatable bonds is 5. The SMILES string of the molecule is O=C(Cn1nnc(-c2ccsc2)n1)NCc1ccccc1F. The van der Waals surface area contributed by atoms with Crippen LogP contribution >= 0.6 is 11.3 Å². The number of carbonyl (C=O) groups excluding carboxylic acids is 1. The molecule has 2 aromatic heterocycles. The quantitative estimate of drug-likeness (QED) is 0.779. The lowest BCUT2D eigenvalue weighted by Crippen LogP contribution is -2.28. The summed E-state index contributed by atoms with van der Waals surface area (Å²) in [5.41, 5.74) is 1.30. The molecular formula is C14H12FN5OS. The van der Waals surface area contributed by atoms with Crippen molar-refractivity contribution in [2.24, 2.45) is 0 Å². The van der Waals surface area contributed by atoms with Gasteiger partial charge in [0.05, 0.1) is 0 Å². The fraction of sp³-hybridized carbons (Fsp3) is 0.143. The monoisotopic (exact) mass is 317 g/mol. The van der Waals surface area contributed by atoms with Gasteiger partial charge in [0.1, 0.15) is 12.4 Å². The normalized spacial score (nSPS) is 10.6. The van der Waals surface area contributed by atoms with Crippen LogP contribution in [0.4, 0.5) is 4.39 Å². The molecule has 0 atom stereocenters. The maximum absolute atomic E-state index is 13.4. The van der Waals surface area contributed by atoms with Gasteiger partial charge in [0, 0.05) is 23.1 Å². The average Bonchev–Trinajstić information content (AvgIpc) is 3.17. The first-order chi connectivity index (χ1) is 10.7. The summed E-state index contributed by atoms with van der Waals surface area (Å²) in [5, 5.41) is 18.3. The average molecular weight is 317 g/mol. The third kappa shape index (κ3) is 3.34. The van der Waals surface area contributed by atoms with Gasteiger partial charge >= 0.3 is 0 Å². The van der Waals surface area contributed by atoms with Crippen LogP contribution in [-0.4, -0.2) is 26.1 Å². The lowest BCUT2D eigenvalue weighted by Gasteiger charge is -2.05. The number of tetrazole rings is 1. The Morgan fingerprint density at radius 2 is 2.18 bits per heavy atom. The van der Waals surface area contributed by atoms with Crippen LogP contribution in [0.15, 0.2) is 41.1 Å². The highest BCUT2D eigenvalue weighted by Crippen LogP contribution is 2.16. The molecular weight excluding hydrogens is 305 g/mol. The maximum Gasteiger partial charge on any atom is 0.243 e. The Kier molecular flexibility index (Phi) is 4.19. The molecule has 0 aliphatic carbocycles. The smallest absolute Gasteiger partial charge is 0.243 e. The molecule has 0 bridgehead atoms. The lowest BCUT2D eigenvalue weighted by atomic mass is 10.2. The lowest BCUT2D eigenvalue weighted by molar-refractivity contribution is -0.122. The molecule has 0 saturated carbocycles. The summed E-state index contributed by atoms with van der Waals surface area (Å²) in [5.74, 6) is -0.179. The molecule has 0 aliphatic heterocycles. The summed E-state index contributed by atoms with van der Waals surface area (Å²) in [6, 6.07) is 8.18. The zero-order chi connectivity index (χ0) is 15.4. The largest absolute Gasteiger partial charge is 0.350 e. The third-order valence-corrected chi connectivity index (χ3v) is 3.63. The molecule has 1 aromatic carbocycles. The highest BCUT2D eigenvalue weighted by atomic mass is 32.1. The fourth-order valence-corrected chi connectivity index (χ4v) is 2.47. The molecule has 1 amide bonds. The molecule has 2 heterocycles. The zero-order valence-corrected chi connectivity index (χ0v) is 12.3. The van der Waals surface area contributed by atoms with Crippen molar-refractivity contribution in [3.8, 4) is 11.4 Å². The van der Waals surface area contributed by atoms with Gasteiger partial charge in [-0.25, -0.2) is 4.39 Å². The topological polar surface area (TPSA) is 72.7 Å². The number of hydrogen-bond acceptors (Lipinski definition) is 5. The molecule has 0 radical (unpaired) electrons. The van der Waals surface area contributed by atoms with Crippen molar-refractivity contribution < 1.29 is 9.18 Å². The first-order valence-electron chi connectivity index (χ1n) is 6.53. The predicted molar refractivity (Wildman–Crippen MR) is 79.4 cm³/mol. The molecule has 0 saturated heterocycles. The summed E-state index contributed by atoms with van der Waals surface area (Å²) < 4.78 is 13.4. The van der Waals surface area contributed by atoms with E-state index in [2.05, 4.69) is 20.7 Å². The Morgan fingerprint density at radius 1 is 1.32 bits per heavy atom. The van der Waals surface area contributed by atoms with Crippen LogP contribution in [-0.2, 0) is 17.9 Å². The molecule has 0 fully saturated rings. The van der Waals surface area contributed by atoms with Gasteiger partial charge in [0.2, 0.25) is 11.7 Å². The van der Waals surface area contributed by atoms with E-state index < -0.39 is 0 Å². The van der Waals surface area contributed by atoms with Crippen LogP contribution in [0, 0.1) is 5.82 Å². The Morgan fingerprint density at radius 3 is 2.95 bits per heavy atom. The molecule has 3 rings (SSSR count). The number of thiophene rings is 1. The van der Waals surface area contributed by atoms with Crippen LogP contribution in [0.5, 0.6) is 0 Å². The minimum Gasteiger partial charge on any atom is -0.350 e. The van der Waals surface area contributed by atoms with Crippen LogP contribution in [0.3, 0.4) is 0 Å². The van der Waals surface area contributed by atoms with E-state index in [0.717, 1.165) is 5.56 Å². The van der Waals surface area contributed by atoms with Gasteiger partial charge in [-0.15, -0.1) is 10.2 Å². The summed E-state index contributed by atoms with van der Waals surface area (Å²) in [6.07, 6.45) is 0. The van der Waals surface area contributed by atoms with Gasteiger partial charge in [0.25, 0.3) is 0 Å². The molecule has 6 nitrogen and oxygen atoms in total. The Bertz CT molecular complexity index is 771. The number of halogens is 1. The van der Waals surface area contributed by atoms with E-state index in [-0.39, 0.29) is 24.8 Å². The van der Waals surface area contributed by atoms with Gasteiger partial charge < -0.3 is 5.32 Å². The van der Waals surface area contributed by atoms with Crippen molar-refractivity contribution >= 4 is 17.2 Å². The number of nitrogens with zero attached hydrogens (tertiary/aromatic N) is 4. The summed E-state index contributed by atoms with van der Waals surface area (Å²) in [4.78, 5) is 13.0. The number of nitrogens with one attached hydrogen (secondary N) is 1. The van der Waals surface area contributed by atoms with Gasteiger partial charge in [-0.05, 0) is 22.7 Å². The number of amides is 1. The second kappa shape index (κ2) is 6.44. The minimum absolute atomic E-state index is 0.0639. The molecule has 0 aliphatic rings. The fourth-order valence-electron chi connectivity index (χ4n) is 1.84. The highest BCUT2D eigenvalue weighted by Gasteiger charge is 2.10. The highest BCUT2D eigenvalue weighted by molar-refractivity contribution is 7.08. The Balaban J connectivity index is 1.57. The van der Waals surface area contributed by atoms with Crippen molar-refractivity contribution in [2.75, 3.05) is 0 Å². The van der Waals surface area contributed by atoms with Crippen LogP contribution in [0.1, 0.15) is 5.56 Å². The molecule has 112 valence electrons. The van der Waals surface area contributed by atoms with E-state index >= 15 is 0 Å². The van der Waals surface area contributed by atoms with E-state index in [0.29, 0.717) is 11.4 Å². The van der Waals surface area contributed by atoms with E-state index in [1.54, 1.807) is 18.2 Å². The van der Waals surface area contributed by atoms with Crippen LogP contribution in [0.25, 0.3) is 11.4 Å². The number of aromatic nitrogens is 4. The molecule has 0 unspecified atom stereocenters. The predicted octanol–water partition coefficient (Wildman–Crippen LogP) is 1.86. The van der Waals surface area contributed by atoms with Crippen molar-refractivity contribution in [1.82, 2.24) is 25.5 Å². The van der Waals surface area contributed by atoms with E-state index in [1.807, 2.05) is 16.8 Å².